The van der Waals surface area contributed by atoms with Crippen LogP contribution in [0.2, 0.25) is 0 Å². The first-order chi connectivity index (χ1) is 14.4. The van der Waals surface area contributed by atoms with Gasteiger partial charge in [-0.1, -0.05) is 30.3 Å². The number of rotatable bonds is 7. The number of esters is 1. The zero-order valence-electron chi connectivity index (χ0n) is 17.1. The van der Waals surface area contributed by atoms with E-state index in [1.54, 1.807) is 70.1 Å². The second kappa shape index (κ2) is 9.41. The molecule has 2 aromatic carbocycles. The number of nitrogens with zero attached hydrogens (tertiary/aromatic N) is 2. The monoisotopic (exact) mass is 426 g/mol. The molecule has 0 aliphatic carbocycles. The minimum absolute atomic E-state index is 0.136. The maximum Gasteiger partial charge on any atom is 0.358 e. The van der Waals surface area contributed by atoms with Crippen LogP contribution in [0.1, 0.15) is 22.2 Å². The lowest BCUT2D eigenvalue weighted by Crippen LogP contribution is -2.31. The van der Waals surface area contributed by atoms with Gasteiger partial charge in [-0.25, -0.2) is 9.78 Å². The minimum Gasteiger partial charge on any atom is -0.493 e. The highest BCUT2D eigenvalue weighted by Crippen LogP contribution is 2.34. The lowest BCUT2D eigenvalue weighted by molar-refractivity contribution is -0.138. The van der Waals surface area contributed by atoms with Crippen molar-refractivity contribution in [3.63, 3.8) is 0 Å². The minimum atomic E-state index is -1.04. The molecule has 0 spiro atoms. The van der Waals surface area contributed by atoms with Crippen LogP contribution in [0.5, 0.6) is 11.5 Å². The molecule has 1 atom stereocenters. The highest BCUT2D eigenvalue weighted by molar-refractivity contribution is 7.13. The van der Waals surface area contributed by atoms with Gasteiger partial charge >= 0.3 is 5.97 Å². The summed E-state index contributed by atoms with van der Waals surface area (Å²) >= 11 is 1.30. The summed E-state index contributed by atoms with van der Waals surface area (Å²) in [5, 5.41) is 2.23. The van der Waals surface area contributed by atoms with E-state index in [-0.39, 0.29) is 11.6 Å². The first-order valence-electron chi connectivity index (χ1n) is 9.09. The lowest BCUT2D eigenvalue weighted by Gasteiger charge is -2.20. The number of amides is 1. The molecule has 8 heteroatoms. The van der Waals surface area contributed by atoms with Crippen LogP contribution in [0.4, 0.5) is 0 Å². The van der Waals surface area contributed by atoms with Crippen molar-refractivity contribution in [1.82, 2.24) is 9.88 Å². The van der Waals surface area contributed by atoms with Gasteiger partial charge in [0.25, 0.3) is 5.91 Å². The molecule has 0 radical (unpaired) electrons. The van der Waals surface area contributed by atoms with Crippen LogP contribution in [0, 0.1) is 0 Å². The zero-order valence-corrected chi connectivity index (χ0v) is 17.9. The van der Waals surface area contributed by atoms with E-state index < -0.39 is 12.1 Å². The number of likely N-dealkylation sites (N-methyl/N-ethyl adjacent to an activating group) is 1. The average molecular weight is 426 g/mol. The van der Waals surface area contributed by atoms with Crippen LogP contribution in [0.3, 0.4) is 0 Å². The van der Waals surface area contributed by atoms with Crippen molar-refractivity contribution >= 4 is 23.2 Å². The second-order valence-electron chi connectivity index (χ2n) is 6.54. The van der Waals surface area contributed by atoms with Crippen molar-refractivity contribution in [2.75, 3.05) is 28.3 Å². The number of carbonyl (C=O) groups is 2. The van der Waals surface area contributed by atoms with Crippen molar-refractivity contribution in [2.45, 2.75) is 6.10 Å². The van der Waals surface area contributed by atoms with Gasteiger partial charge in [-0.3, -0.25) is 4.79 Å². The topological polar surface area (TPSA) is 78.0 Å². The van der Waals surface area contributed by atoms with Crippen molar-refractivity contribution in [3.05, 3.63) is 65.2 Å². The van der Waals surface area contributed by atoms with Gasteiger partial charge in [0.2, 0.25) is 6.10 Å². The maximum atomic E-state index is 12.7. The lowest BCUT2D eigenvalue weighted by atomic mass is 10.1. The maximum absolute atomic E-state index is 12.7. The first-order valence-corrected chi connectivity index (χ1v) is 9.97. The molecule has 1 heterocycles. The number of carbonyl (C=O) groups excluding carboxylic acids is 2. The molecule has 3 rings (SSSR count). The molecule has 0 saturated carbocycles. The van der Waals surface area contributed by atoms with Crippen LogP contribution in [-0.4, -0.2) is 50.1 Å². The highest BCUT2D eigenvalue weighted by Gasteiger charge is 2.28. The van der Waals surface area contributed by atoms with Gasteiger partial charge in [0, 0.05) is 30.6 Å². The van der Waals surface area contributed by atoms with E-state index in [1.807, 2.05) is 12.1 Å². The smallest absolute Gasteiger partial charge is 0.358 e. The van der Waals surface area contributed by atoms with Crippen molar-refractivity contribution in [2.24, 2.45) is 0 Å². The molecule has 0 aliphatic rings. The number of aromatic nitrogens is 1. The summed E-state index contributed by atoms with van der Waals surface area (Å²) < 4.78 is 16.1. The SMILES string of the molecule is COc1ccc(-c2nc(C(=O)OC(C(=O)N(C)C)c3ccccc3)cs2)cc1OC. The highest BCUT2D eigenvalue weighted by atomic mass is 32.1. The van der Waals surface area contributed by atoms with E-state index in [0.29, 0.717) is 22.1 Å². The molecule has 156 valence electrons. The molecule has 30 heavy (non-hydrogen) atoms. The molecular weight excluding hydrogens is 404 g/mol. The fraction of sp³-hybridized carbons (Fsp3) is 0.227. The number of benzene rings is 2. The number of thiazole rings is 1. The third-order valence-electron chi connectivity index (χ3n) is 4.34. The summed E-state index contributed by atoms with van der Waals surface area (Å²) in [6.45, 7) is 0. The Hall–Kier alpha value is -3.39. The van der Waals surface area contributed by atoms with Gasteiger partial charge in [0.05, 0.1) is 14.2 Å². The molecule has 0 aliphatic heterocycles. The first kappa shape index (κ1) is 21.3. The Kier molecular flexibility index (Phi) is 6.68. The van der Waals surface area contributed by atoms with Crippen LogP contribution in [-0.2, 0) is 9.53 Å². The van der Waals surface area contributed by atoms with Gasteiger partial charge in [-0.2, -0.15) is 0 Å². The zero-order chi connectivity index (χ0) is 21.7. The largest absolute Gasteiger partial charge is 0.493 e. The molecule has 0 fully saturated rings. The summed E-state index contributed by atoms with van der Waals surface area (Å²) in [5.41, 5.74) is 1.51. The Balaban J connectivity index is 1.84. The van der Waals surface area contributed by atoms with Crippen molar-refractivity contribution < 1.29 is 23.8 Å². The quantitative estimate of drug-likeness (QED) is 0.535. The molecule has 7 nitrogen and oxygen atoms in total. The van der Waals surface area contributed by atoms with Gasteiger partial charge in [-0.15, -0.1) is 11.3 Å². The molecule has 1 aromatic heterocycles. The van der Waals surface area contributed by atoms with Gasteiger partial charge < -0.3 is 19.1 Å². The number of hydrogen-bond donors (Lipinski definition) is 0. The standard InChI is InChI=1S/C22H22N2O5S/c1-24(2)21(25)19(14-8-6-5-7-9-14)29-22(26)16-13-30-20(23-16)15-10-11-17(27-3)18(12-15)28-4/h5-13,19H,1-4H3. The second-order valence-corrected chi connectivity index (χ2v) is 7.39. The Morgan fingerprint density at radius 3 is 2.33 bits per heavy atom. The molecule has 1 unspecified atom stereocenters. The summed E-state index contributed by atoms with van der Waals surface area (Å²) in [6, 6.07) is 14.3. The van der Waals surface area contributed by atoms with Crippen LogP contribution < -0.4 is 9.47 Å². The van der Waals surface area contributed by atoms with Crippen molar-refractivity contribution in [3.8, 4) is 22.1 Å². The molecule has 0 N–H and O–H groups in total. The Bertz CT molecular complexity index is 1030. The normalized spacial score (nSPS) is 11.5. The van der Waals surface area contributed by atoms with E-state index in [0.717, 1.165) is 5.56 Å². The van der Waals surface area contributed by atoms with Crippen LogP contribution in [0.15, 0.2) is 53.9 Å². The molecule has 1 amide bonds. The Morgan fingerprint density at radius 1 is 1.00 bits per heavy atom. The molecule has 0 saturated heterocycles. The summed E-state index contributed by atoms with van der Waals surface area (Å²) in [7, 11) is 6.35. The number of hydrogen-bond acceptors (Lipinski definition) is 7. The summed E-state index contributed by atoms with van der Waals surface area (Å²) in [6.07, 6.45) is -1.04. The van der Waals surface area contributed by atoms with Gasteiger partial charge in [0.1, 0.15) is 5.01 Å². The van der Waals surface area contributed by atoms with E-state index in [1.165, 1.54) is 16.2 Å². The van der Waals surface area contributed by atoms with E-state index in [4.69, 9.17) is 14.2 Å². The number of methoxy groups -OCH3 is 2. The van der Waals surface area contributed by atoms with Gasteiger partial charge in [0.15, 0.2) is 17.2 Å². The Morgan fingerprint density at radius 2 is 1.70 bits per heavy atom. The third-order valence-corrected chi connectivity index (χ3v) is 5.23. The van der Waals surface area contributed by atoms with E-state index in [9.17, 15) is 9.59 Å². The van der Waals surface area contributed by atoms with Crippen LogP contribution >= 0.6 is 11.3 Å². The Labute approximate surface area is 178 Å². The molecule has 3 aromatic rings. The third kappa shape index (κ3) is 4.60. The molecule has 0 bridgehead atoms. The average Bonchev–Trinajstić information content (AvgIpc) is 3.27. The predicted molar refractivity (Wildman–Crippen MR) is 114 cm³/mol. The van der Waals surface area contributed by atoms with E-state index in [2.05, 4.69) is 4.98 Å². The number of ether oxygens (including phenoxy) is 3. The van der Waals surface area contributed by atoms with Crippen LogP contribution in [0.25, 0.3) is 10.6 Å². The molecular formula is C22H22N2O5S. The fourth-order valence-electron chi connectivity index (χ4n) is 2.76. The summed E-state index contributed by atoms with van der Waals surface area (Å²) in [4.78, 5) is 31.1. The van der Waals surface area contributed by atoms with E-state index >= 15 is 0 Å². The van der Waals surface area contributed by atoms with Gasteiger partial charge in [-0.05, 0) is 18.2 Å². The summed E-state index contributed by atoms with van der Waals surface area (Å²) in [5.74, 6) is 0.173. The predicted octanol–water partition coefficient (Wildman–Crippen LogP) is 3.81. The fourth-order valence-corrected chi connectivity index (χ4v) is 3.55. The van der Waals surface area contributed by atoms with Crippen molar-refractivity contribution in [1.29, 1.82) is 0 Å².